The molecule has 0 unspecified atom stereocenters. The Kier molecular flexibility index (Phi) is 5.28. The van der Waals surface area contributed by atoms with Crippen LogP contribution in [0.3, 0.4) is 0 Å². The van der Waals surface area contributed by atoms with Crippen LogP contribution in [-0.2, 0) is 4.79 Å². The maximum Gasteiger partial charge on any atom is 0.263 e. The number of nitrogens with one attached hydrogen (secondary N) is 2. The van der Waals surface area contributed by atoms with Crippen LogP contribution in [0.4, 0.5) is 5.69 Å². The van der Waals surface area contributed by atoms with Crippen molar-refractivity contribution in [3.8, 4) is 5.69 Å². The number of piperidine rings is 1. The first-order chi connectivity index (χ1) is 15.6. The van der Waals surface area contributed by atoms with E-state index in [1.807, 2.05) is 40.6 Å². The van der Waals surface area contributed by atoms with E-state index in [2.05, 4.69) is 20.4 Å². The summed E-state index contributed by atoms with van der Waals surface area (Å²) < 4.78 is 1.54. The van der Waals surface area contributed by atoms with E-state index < -0.39 is 0 Å². The van der Waals surface area contributed by atoms with Crippen LogP contribution in [0.1, 0.15) is 22.5 Å². The second-order valence-corrected chi connectivity index (χ2v) is 8.52. The summed E-state index contributed by atoms with van der Waals surface area (Å²) in [4.78, 5) is 46.8. The van der Waals surface area contributed by atoms with Gasteiger partial charge < -0.3 is 15.2 Å². The third kappa shape index (κ3) is 3.69. The number of hydrogen-bond donors (Lipinski definition) is 2. The van der Waals surface area contributed by atoms with Gasteiger partial charge in [0.15, 0.2) is 5.65 Å². The molecular formula is C22H20N6O3S. The second kappa shape index (κ2) is 8.39. The van der Waals surface area contributed by atoms with Gasteiger partial charge in [-0.3, -0.25) is 14.4 Å². The summed E-state index contributed by atoms with van der Waals surface area (Å²) in [6, 6.07) is 11.0. The standard InChI is InChI=1S/C22H20N6O3S/c29-20(14-7-9-27(10-8-14)22(31)18-6-3-11-32-18)26-16-4-1-2-5-17(16)28-19-15(12-25-28)21(30)24-13-23-19/h1-6,11-14H,7-10H2,(H,26,29)(H,23,24,30). The Morgan fingerprint density at radius 2 is 1.94 bits per heavy atom. The predicted molar refractivity (Wildman–Crippen MR) is 121 cm³/mol. The van der Waals surface area contributed by atoms with Crippen LogP contribution in [0.25, 0.3) is 16.7 Å². The topological polar surface area (TPSA) is 113 Å². The molecule has 10 heteroatoms. The fraction of sp³-hybridized carbons (Fsp3) is 0.227. The Labute approximate surface area is 186 Å². The largest absolute Gasteiger partial charge is 0.338 e. The molecule has 3 aromatic heterocycles. The van der Waals surface area contributed by atoms with E-state index in [0.717, 1.165) is 4.88 Å². The predicted octanol–water partition coefficient (Wildman–Crippen LogP) is 2.66. The number of benzene rings is 1. The first-order valence-corrected chi connectivity index (χ1v) is 11.1. The number of anilines is 1. The number of H-pyrrole nitrogens is 1. The fourth-order valence-electron chi connectivity index (χ4n) is 3.93. The Bertz CT molecular complexity index is 1340. The van der Waals surface area contributed by atoms with Gasteiger partial charge in [-0.05, 0) is 36.4 Å². The summed E-state index contributed by atoms with van der Waals surface area (Å²) in [5, 5.41) is 9.56. The normalized spacial score (nSPS) is 14.6. The lowest BCUT2D eigenvalue weighted by Crippen LogP contribution is -2.41. The lowest BCUT2D eigenvalue weighted by Gasteiger charge is -2.31. The molecule has 4 aromatic rings. The number of nitrogens with zero attached hydrogens (tertiary/aromatic N) is 4. The zero-order chi connectivity index (χ0) is 22.1. The van der Waals surface area contributed by atoms with E-state index in [-0.39, 0.29) is 23.3 Å². The molecule has 0 spiro atoms. The van der Waals surface area contributed by atoms with Gasteiger partial charge in [0.1, 0.15) is 5.39 Å². The number of fused-ring (bicyclic) bond motifs is 1. The minimum absolute atomic E-state index is 0.0252. The summed E-state index contributed by atoms with van der Waals surface area (Å²) in [6.07, 6.45) is 3.99. The van der Waals surface area contributed by atoms with Gasteiger partial charge in [0.05, 0.1) is 28.8 Å². The van der Waals surface area contributed by atoms with Crippen molar-refractivity contribution in [2.45, 2.75) is 12.8 Å². The molecular weight excluding hydrogens is 428 g/mol. The van der Waals surface area contributed by atoms with Crippen LogP contribution in [0.15, 0.2) is 59.1 Å². The first kappa shape index (κ1) is 20.1. The van der Waals surface area contributed by atoms with Crippen LogP contribution in [0, 0.1) is 5.92 Å². The number of hydrogen-bond acceptors (Lipinski definition) is 6. The zero-order valence-electron chi connectivity index (χ0n) is 17.0. The molecule has 9 nitrogen and oxygen atoms in total. The summed E-state index contributed by atoms with van der Waals surface area (Å²) in [5.41, 5.74) is 1.35. The lowest BCUT2D eigenvalue weighted by atomic mass is 9.95. The van der Waals surface area contributed by atoms with E-state index >= 15 is 0 Å². The highest BCUT2D eigenvalue weighted by Gasteiger charge is 2.28. The minimum atomic E-state index is -0.272. The Morgan fingerprint density at radius 1 is 1.12 bits per heavy atom. The number of aromatic amines is 1. The molecule has 2 amide bonds. The Morgan fingerprint density at radius 3 is 2.72 bits per heavy atom. The average Bonchev–Trinajstić information content (AvgIpc) is 3.50. The van der Waals surface area contributed by atoms with Crippen LogP contribution < -0.4 is 10.9 Å². The maximum absolute atomic E-state index is 13.0. The molecule has 1 fully saturated rings. The average molecular weight is 449 g/mol. The van der Waals surface area contributed by atoms with Gasteiger partial charge in [0.25, 0.3) is 11.5 Å². The smallest absolute Gasteiger partial charge is 0.263 e. The molecule has 1 aliphatic rings. The van der Waals surface area contributed by atoms with Crippen molar-refractivity contribution in [3.63, 3.8) is 0 Å². The highest BCUT2D eigenvalue weighted by molar-refractivity contribution is 7.12. The molecule has 0 atom stereocenters. The fourth-order valence-corrected chi connectivity index (χ4v) is 4.62. The van der Waals surface area contributed by atoms with Crippen LogP contribution in [-0.4, -0.2) is 49.6 Å². The van der Waals surface area contributed by atoms with E-state index in [9.17, 15) is 14.4 Å². The third-order valence-corrected chi connectivity index (χ3v) is 6.50. The number of carbonyl (C=O) groups is 2. The van der Waals surface area contributed by atoms with E-state index in [0.29, 0.717) is 48.3 Å². The third-order valence-electron chi connectivity index (χ3n) is 5.65. The SMILES string of the molecule is O=C(Nc1ccccc1-n1ncc2c(=O)[nH]cnc21)C1CCN(C(=O)c2cccs2)CC1. The molecule has 1 aromatic carbocycles. The molecule has 4 heterocycles. The van der Waals surface area contributed by atoms with Crippen molar-refractivity contribution in [1.82, 2.24) is 24.6 Å². The van der Waals surface area contributed by atoms with Crippen molar-refractivity contribution in [2.24, 2.45) is 5.92 Å². The van der Waals surface area contributed by atoms with Gasteiger partial charge in [-0.2, -0.15) is 5.10 Å². The minimum Gasteiger partial charge on any atom is -0.338 e. The lowest BCUT2D eigenvalue weighted by molar-refractivity contribution is -0.121. The number of aromatic nitrogens is 4. The number of carbonyl (C=O) groups excluding carboxylic acids is 2. The zero-order valence-corrected chi connectivity index (χ0v) is 17.8. The molecule has 2 N–H and O–H groups in total. The summed E-state index contributed by atoms with van der Waals surface area (Å²) in [5.74, 6) is -0.258. The van der Waals surface area contributed by atoms with E-state index in [4.69, 9.17) is 0 Å². The molecule has 1 aliphatic heterocycles. The molecule has 0 bridgehead atoms. The monoisotopic (exact) mass is 448 g/mol. The maximum atomic E-state index is 13.0. The highest BCUT2D eigenvalue weighted by Crippen LogP contribution is 2.26. The molecule has 1 saturated heterocycles. The number of amides is 2. The van der Waals surface area contributed by atoms with Crippen LogP contribution >= 0.6 is 11.3 Å². The molecule has 5 rings (SSSR count). The second-order valence-electron chi connectivity index (χ2n) is 7.58. The molecule has 0 aliphatic carbocycles. The van der Waals surface area contributed by atoms with E-state index in [1.54, 1.807) is 10.7 Å². The summed E-state index contributed by atoms with van der Waals surface area (Å²) >= 11 is 1.43. The molecule has 162 valence electrons. The van der Waals surface area contributed by atoms with Gasteiger partial charge in [0.2, 0.25) is 5.91 Å². The van der Waals surface area contributed by atoms with E-state index in [1.165, 1.54) is 23.9 Å². The van der Waals surface area contributed by atoms with Gasteiger partial charge in [-0.25, -0.2) is 9.67 Å². The van der Waals surface area contributed by atoms with Crippen molar-refractivity contribution >= 4 is 39.9 Å². The highest BCUT2D eigenvalue weighted by atomic mass is 32.1. The van der Waals surface area contributed by atoms with Crippen LogP contribution in [0.5, 0.6) is 0 Å². The van der Waals surface area contributed by atoms with Crippen molar-refractivity contribution in [2.75, 3.05) is 18.4 Å². The van der Waals surface area contributed by atoms with Gasteiger partial charge in [-0.15, -0.1) is 11.3 Å². The van der Waals surface area contributed by atoms with Gasteiger partial charge >= 0.3 is 0 Å². The van der Waals surface area contributed by atoms with Crippen LogP contribution in [0.2, 0.25) is 0 Å². The Balaban J connectivity index is 1.31. The summed E-state index contributed by atoms with van der Waals surface area (Å²) in [6.45, 7) is 1.10. The molecule has 32 heavy (non-hydrogen) atoms. The number of para-hydroxylation sites is 2. The molecule has 0 saturated carbocycles. The van der Waals surface area contributed by atoms with Gasteiger partial charge in [-0.1, -0.05) is 18.2 Å². The molecule has 0 radical (unpaired) electrons. The summed E-state index contributed by atoms with van der Waals surface area (Å²) in [7, 11) is 0. The van der Waals surface area contributed by atoms with Crippen molar-refractivity contribution in [3.05, 3.63) is 69.5 Å². The van der Waals surface area contributed by atoms with Crippen molar-refractivity contribution < 1.29 is 9.59 Å². The van der Waals surface area contributed by atoms with Gasteiger partial charge in [0, 0.05) is 19.0 Å². The number of rotatable bonds is 4. The number of likely N-dealkylation sites (tertiary alicyclic amines) is 1. The quantitative estimate of drug-likeness (QED) is 0.498. The number of thiophene rings is 1. The Hall–Kier alpha value is -3.79. The van der Waals surface area contributed by atoms with Crippen molar-refractivity contribution in [1.29, 1.82) is 0 Å². The first-order valence-electron chi connectivity index (χ1n) is 10.3.